The van der Waals surface area contributed by atoms with E-state index in [1.807, 2.05) is 31.2 Å². The normalized spacial score (nSPS) is 16.6. The SMILES string of the molecule is CCOc1ccc(-c2noc(C3CCC(=O)N3Cc3ccccc3F)n2)cc1. The molecule has 1 atom stereocenters. The first-order valence-corrected chi connectivity index (χ1v) is 9.25. The van der Waals surface area contributed by atoms with Gasteiger partial charge in [-0.05, 0) is 43.7 Å². The lowest BCUT2D eigenvalue weighted by Gasteiger charge is -2.22. The summed E-state index contributed by atoms with van der Waals surface area (Å²) < 4.78 is 24.9. The molecule has 2 heterocycles. The molecular weight excluding hydrogens is 361 g/mol. The molecule has 0 N–H and O–H groups in total. The second-order valence-electron chi connectivity index (χ2n) is 6.58. The first kappa shape index (κ1) is 18.2. The van der Waals surface area contributed by atoms with E-state index in [1.54, 1.807) is 23.1 Å². The Labute approximate surface area is 161 Å². The minimum Gasteiger partial charge on any atom is -0.494 e. The molecule has 1 unspecified atom stereocenters. The predicted octanol–water partition coefficient (Wildman–Crippen LogP) is 4.14. The number of carbonyl (C=O) groups is 1. The maximum atomic E-state index is 14.0. The van der Waals surface area contributed by atoms with Gasteiger partial charge < -0.3 is 14.2 Å². The van der Waals surface area contributed by atoms with Crippen LogP contribution in [0, 0.1) is 5.82 Å². The van der Waals surface area contributed by atoms with Crippen molar-refractivity contribution in [1.82, 2.24) is 15.0 Å². The molecule has 1 aromatic heterocycles. The number of aromatic nitrogens is 2. The summed E-state index contributed by atoms with van der Waals surface area (Å²) in [5.41, 5.74) is 1.26. The van der Waals surface area contributed by atoms with Gasteiger partial charge in [-0.2, -0.15) is 4.98 Å². The van der Waals surface area contributed by atoms with Gasteiger partial charge in [-0.1, -0.05) is 23.4 Å². The molecule has 7 heteroatoms. The van der Waals surface area contributed by atoms with Gasteiger partial charge in [-0.25, -0.2) is 4.39 Å². The molecular formula is C21H20FN3O3. The van der Waals surface area contributed by atoms with Crippen LogP contribution in [0.15, 0.2) is 53.1 Å². The molecule has 1 saturated heterocycles. The number of hydrogen-bond acceptors (Lipinski definition) is 5. The maximum Gasteiger partial charge on any atom is 0.249 e. The van der Waals surface area contributed by atoms with E-state index in [-0.39, 0.29) is 24.3 Å². The number of rotatable bonds is 6. The van der Waals surface area contributed by atoms with E-state index in [9.17, 15) is 9.18 Å². The van der Waals surface area contributed by atoms with Gasteiger partial charge in [-0.3, -0.25) is 4.79 Å². The van der Waals surface area contributed by atoms with Crippen molar-refractivity contribution < 1.29 is 18.4 Å². The van der Waals surface area contributed by atoms with Gasteiger partial charge in [0.25, 0.3) is 0 Å². The van der Waals surface area contributed by atoms with Crippen molar-refractivity contribution in [3.8, 4) is 17.1 Å². The van der Waals surface area contributed by atoms with Crippen LogP contribution in [0.5, 0.6) is 5.75 Å². The molecule has 6 nitrogen and oxygen atoms in total. The summed E-state index contributed by atoms with van der Waals surface area (Å²) in [7, 11) is 0. The Morgan fingerprint density at radius 2 is 2.00 bits per heavy atom. The second kappa shape index (κ2) is 7.80. The third kappa shape index (κ3) is 3.60. The summed E-state index contributed by atoms with van der Waals surface area (Å²) in [5, 5.41) is 4.05. The lowest BCUT2D eigenvalue weighted by Crippen LogP contribution is -2.27. The lowest BCUT2D eigenvalue weighted by atomic mass is 10.1. The fourth-order valence-electron chi connectivity index (χ4n) is 3.35. The highest BCUT2D eigenvalue weighted by Crippen LogP contribution is 2.34. The summed E-state index contributed by atoms with van der Waals surface area (Å²) in [4.78, 5) is 18.4. The van der Waals surface area contributed by atoms with E-state index in [0.717, 1.165) is 11.3 Å². The van der Waals surface area contributed by atoms with Crippen LogP contribution in [0.4, 0.5) is 4.39 Å². The Morgan fingerprint density at radius 1 is 1.21 bits per heavy atom. The first-order valence-electron chi connectivity index (χ1n) is 9.25. The molecule has 4 rings (SSSR count). The highest BCUT2D eigenvalue weighted by molar-refractivity contribution is 5.78. The number of nitrogens with zero attached hydrogens (tertiary/aromatic N) is 3. The Balaban J connectivity index is 1.55. The molecule has 1 amide bonds. The minimum atomic E-state index is -0.351. The van der Waals surface area contributed by atoms with Crippen molar-refractivity contribution in [2.45, 2.75) is 32.4 Å². The zero-order chi connectivity index (χ0) is 19.5. The van der Waals surface area contributed by atoms with Crippen LogP contribution in [0.2, 0.25) is 0 Å². The fraction of sp³-hybridized carbons (Fsp3) is 0.286. The van der Waals surface area contributed by atoms with Crippen LogP contribution in [0.1, 0.15) is 37.3 Å². The molecule has 0 bridgehead atoms. The number of carbonyl (C=O) groups excluding carboxylic acids is 1. The molecule has 0 saturated carbocycles. The van der Waals surface area contributed by atoms with E-state index >= 15 is 0 Å². The van der Waals surface area contributed by atoms with Gasteiger partial charge in [-0.15, -0.1) is 0 Å². The molecule has 0 radical (unpaired) electrons. The van der Waals surface area contributed by atoms with Crippen molar-refractivity contribution >= 4 is 5.91 Å². The van der Waals surface area contributed by atoms with Crippen molar-refractivity contribution in [2.24, 2.45) is 0 Å². The highest BCUT2D eigenvalue weighted by Gasteiger charge is 2.36. The van der Waals surface area contributed by atoms with Gasteiger partial charge in [0.15, 0.2) is 0 Å². The molecule has 2 aromatic carbocycles. The number of benzene rings is 2. The maximum absolute atomic E-state index is 14.0. The van der Waals surface area contributed by atoms with Crippen LogP contribution >= 0.6 is 0 Å². The van der Waals surface area contributed by atoms with Gasteiger partial charge >= 0.3 is 0 Å². The number of ether oxygens (including phenoxy) is 1. The molecule has 0 spiro atoms. The average Bonchev–Trinajstić information content (AvgIpc) is 3.32. The summed E-state index contributed by atoms with van der Waals surface area (Å²) in [6.07, 6.45) is 0.943. The first-order chi connectivity index (χ1) is 13.7. The Kier molecular flexibility index (Phi) is 5.06. The van der Waals surface area contributed by atoms with Crippen molar-refractivity contribution in [2.75, 3.05) is 6.61 Å². The third-order valence-electron chi connectivity index (χ3n) is 4.78. The largest absolute Gasteiger partial charge is 0.494 e. The van der Waals surface area contributed by atoms with Gasteiger partial charge in [0, 0.05) is 24.1 Å². The molecule has 0 aliphatic carbocycles. The molecule has 144 valence electrons. The van der Waals surface area contributed by atoms with Crippen LogP contribution in [0.25, 0.3) is 11.4 Å². The zero-order valence-electron chi connectivity index (χ0n) is 15.5. The average molecular weight is 381 g/mol. The standard InChI is InChI=1S/C21H20FN3O3/c1-2-27-16-9-7-14(8-10-16)20-23-21(28-24-20)18-11-12-19(26)25(18)13-15-5-3-4-6-17(15)22/h3-10,18H,2,11-13H2,1H3. The Bertz CT molecular complexity index is 971. The van der Waals surface area contributed by atoms with E-state index < -0.39 is 0 Å². The minimum absolute atomic E-state index is 0.0472. The summed E-state index contributed by atoms with van der Waals surface area (Å²) in [6.45, 7) is 2.70. The quantitative estimate of drug-likeness (QED) is 0.642. The number of halogens is 1. The summed E-state index contributed by atoms with van der Waals surface area (Å²) in [6, 6.07) is 13.5. The predicted molar refractivity (Wildman–Crippen MR) is 99.8 cm³/mol. The Hall–Kier alpha value is -3.22. The lowest BCUT2D eigenvalue weighted by molar-refractivity contribution is -0.130. The molecule has 1 aliphatic heterocycles. The third-order valence-corrected chi connectivity index (χ3v) is 4.78. The highest BCUT2D eigenvalue weighted by atomic mass is 19.1. The molecule has 1 fully saturated rings. The van der Waals surface area contributed by atoms with E-state index in [2.05, 4.69) is 10.1 Å². The molecule has 1 aliphatic rings. The van der Waals surface area contributed by atoms with Gasteiger partial charge in [0.1, 0.15) is 17.6 Å². The van der Waals surface area contributed by atoms with Crippen molar-refractivity contribution in [3.05, 3.63) is 65.8 Å². The summed E-state index contributed by atoms with van der Waals surface area (Å²) in [5.74, 6) is 1.21. The number of amides is 1. The van der Waals surface area contributed by atoms with Crippen LogP contribution in [0.3, 0.4) is 0 Å². The second-order valence-corrected chi connectivity index (χ2v) is 6.58. The van der Waals surface area contributed by atoms with Gasteiger partial charge in [0.2, 0.25) is 17.6 Å². The van der Waals surface area contributed by atoms with Crippen molar-refractivity contribution in [3.63, 3.8) is 0 Å². The van der Waals surface area contributed by atoms with E-state index in [4.69, 9.17) is 9.26 Å². The van der Waals surface area contributed by atoms with Crippen LogP contribution in [-0.4, -0.2) is 27.6 Å². The smallest absolute Gasteiger partial charge is 0.249 e. The van der Waals surface area contributed by atoms with E-state index in [0.29, 0.717) is 36.7 Å². The number of likely N-dealkylation sites (tertiary alicyclic amines) is 1. The zero-order valence-corrected chi connectivity index (χ0v) is 15.5. The Morgan fingerprint density at radius 3 is 2.75 bits per heavy atom. The van der Waals surface area contributed by atoms with Gasteiger partial charge in [0.05, 0.1) is 6.61 Å². The van der Waals surface area contributed by atoms with Crippen LogP contribution in [-0.2, 0) is 11.3 Å². The van der Waals surface area contributed by atoms with Crippen LogP contribution < -0.4 is 4.74 Å². The molecule has 3 aromatic rings. The van der Waals surface area contributed by atoms with E-state index in [1.165, 1.54) is 6.07 Å². The summed E-state index contributed by atoms with van der Waals surface area (Å²) >= 11 is 0. The fourth-order valence-corrected chi connectivity index (χ4v) is 3.35. The topological polar surface area (TPSA) is 68.5 Å². The number of hydrogen-bond donors (Lipinski definition) is 0. The van der Waals surface area contributed by atoms with Crippen molar-refractivity contribution in [1.29, 1.82) is 0 Å². The molecule has 28 heavy (non-hydrogen) atoms. The monoisotopic (exact) mass is 381 g/mol.